The third-order valence-electron chi connectivity index (χ3n) is 3.50. The van der Waals surface area contributed by atoms with Crippen LogP contribution >= 0.6 is 0 Å². The average molecular weight is 264 g/mol. The first kappa shape index (κ1) is 15.1. The van der Waals surface area contributed by atoms with Crippen LogP contribution < -0.4 is 5.32 Å². The fourth-order valence-electron chi connectivity index (χ4n) is 1.93. The monoisotopic (exact) mass is 264 g/mol. The van der Waals surface area contributed by atoms with Gasteiger partial charge >= 0.3 is 5.97 Å². The first-order chi connectivity index (χ1) is 8.93. The number of rotatable bonds is 6. The highest BCUT2D eigenvalue weighted by Crippen LogP contribution is 2.31. The number of carboxylic acid groups (broad SMARTS) is 1. The Bertz CT molecular complexity index is 450. The van der Waals surface area contributed by atoms with Crippen molar-refractivity contribution in [3.8, 4) is 0 Å². The van der Waals surface area contributed by atoms with E-state index in [-0.39, 0.29) is 12.3 Å². The van der Waals surface area contributed by atoms with Gasteiger partial charge in [-0.2, -0.15) is 0 Å². The number of hydrogen-bond donors (Lipinski definition) is 2. The Morgan fingerprint density at radius 3 is 2.37 bits per heavy atom. The third kappa shape index (κ3) is 3.77. The van der Waals surface area contributed by atoms with Gasteiger partial charge in [0.2, 0.25) is 5.91 Å². The summed E-state index contributed by atoms with van der Waals surface area (Å²) in [7, 11) is 0. The van der Waals surface area contributed by atoms with E-state index in [1.807, 2.05) is 6.92 Å². The van der Waals surface area contributed by atoms with Crippen LogP contribution in [0.1, 0.15) is 38.8 Å². The number of anilines is 1. The molecule has 1 rings (SSSR count). The highest BCUT2D eigenvalue weighted by molar-refractivity contribution is 5.94. The number of aliphatic carboxylic acids is 1. The van der Waals surface area contributed by atoms with E-state index >= 15 is 0 Å². The van der Waals surface area contributed by atoms with Gasteiger partial charge < -0.3 is 10.4 Å². The minimum absolute atomic E-state index is 0.0246. The van der Waals surface area contributed by atoms with Gasteiger partial charge in [-0.3, -0.25) is 14.6 Å². The van der Waals surface area contributed by atoms with Crippen molar-refractivity contribution in [2.75, 3.05) is 5.32 Å². The zero-order valence-corrected chi connectivity index (χ0v) is 11.6. The molecule has 1 heterocycles. The molecule has 0 saturated heterocycles. The summed E-state index contributed by atoms with van der Waals surface area (Å²) in [5.74, 6) is -1.22. The van der Waals surface area contributed by atoms with E-state index in [2.05, 4.69) is 10.3 Å². The van der Waals surface area contributed by atoms with Crippen LogP contribution in [-0.2, 0) is 9.59 Å². The molecule has 0 aliphatic rings. The molecule has 0 aliphatic heterocycles. The summed E-state index contributed by atoms with van der Waals surface area (Å²) in [6, 6.07) is 3.54. The number of aromatic nitrogens is 1. The standard InChI is InChI=1S/C14H20N2O3/c1-4-14(5-2,13(18)19)8-12(17)16-11-7-6-10(3)15-9-11/h6-7,9H,4-5,8H2,1-3H3,(H,16,17)(H,18,19). The molecular weight excluding hydrogens is 244 g/mol. The lowest BCUT2D eigenvalue weighted by Gasteiger charge is -2.25. The smallest absolute Gasteiger partial charge is 0.310 e. The molecule has 19 heavy (non-hydrogen) atoms. The summed E-state index contributed by atoms with van der Waals surface area (Å²) in [6.45, 7) is 5.44. The number of nitrogens with one attached hydrogen (secondary N) is 1. The van der Waals surface area contributed by atoms with Crippen LogP contribution in [0.25, 0.3) is 0 Å². The molecule has 1 aromatic heterocycles. The molecule has 0 radical (unpaired) electrons. The Kier molecular flexibility index (Phi) is 5.03. The van der Waals surface area contributed by atoms with Crippen LogP contribution in [0, 0.1) is 12.3 Å². The number of amides is 1. The number of carboxylic acids is 1. The summed E-state index contributed by atoms with van der Waals surface area (Å²) in [6.07, 6.45) is 2.40. The number of nitrogens with zero attached hydrogens (tertiary/aromatic N) is 1. The molecule has 0 atom stereocenters. The predicted molar refractivity (Wildman–Crippen MR) is 72.9 cm³/mol. The highest BCUT2D eigenvalue weighted by atomic mass is 16.4. The summed E-state index contributed by atoms with van der Waals surface area (Å²) >= 11 is 0. The van der Waals surface area contributed by atoms with Gasteiger partial charge in [-0.25, -0.2) is 0 Å². The second-order valence-electron chi connectivity index (χ2n) is 4.71. The van der Waals surface area contributed by atoms with Crippen LogP contribution in [0.5, 0.6) is 0 Å². The van der Waals surface area contributed by atoms with Gasteiger partial charge in [0.25, 0.3) is 0 Å². The fourth-order valence-corrected chi connectivity index (χ4v) is 1.93. The molecule has 0 aliphatic carbocycles. The highest BCUT2D eigenvalue weighted by Gasteiger charge is 2.37. The van der Waals surface area contributed by atoms with E-state index in [1.54, 1.807) is 32.2 Å². The van der Waals surface area contributed by atoms with Crippen molar-refractivity contribution in [1.29, 1.82) is 0 Å². The van der Waals surface area contributed by atoms with Crippen molar-refractivity contribution in [3.63, 3.8) is 0 Å². The first-order valence-corrected chi connectivity index (χ1v) is 6.39. The van der Waals surface area contributed by atoms with E-state index in [9.17, 15) is 14.7 Å². The lowest BCUT2D eigenvalue weighted by molar-refractivity contribution is -0.151. The van der Waals surface area contributed by atoms with E-state index in [0.717, 1.165) is 5.69 Å². The number of aryl methyl sites for hydroxylation is 1. The lowest BCUT2D eigenvalue weighted by atomic mass is 9.79. The second kappa shape index (κ2) is 6.31. The normalized spacial score (nSPS) is 11.1. The average Bonchev–Trinajstić information content (AvgIpc) is 2.38. The van der Waals surface area contributed by atoms with Crippen LogP contribution in [-0.4, -0.2) is 22.0 Å². The Morgan fingerprint density at radius 2 is 1.95 bits per heavy atom. The number of hydrogen-bond acceptors (Lipinski definition) is 3. The maximum Gasteiger partial charge on any atom is 0.310 e. The first-order valence-electron chi connectivity index (χ1n) is 6.39. The summed E-state index contributed by atoms with van der Waals surface area (Å²) < 4.78 is 0. The van der Waals surface area contributed by atoms with Crippen LogP contribution in [0.3, 0.4) is 0 Å². The Labute approximate surface area is 113 Å². The van der Waals surface area contributed by atoms with E-state index in [4.69, 9.17) is 0 Å². The van der Waals surface area contributed by atoms with Gasteiger partial charge in [0.05, 0.1) is 17.3 Å². The maximum atomic E-state index is 11.9. The SMILES string of the molecule is CCC(CC)(CC(=O)Nc1ccc(C)nc1)C(=O)O. The zero-order valence-electron chi connectivity index (χ0n) is 11.6. The molecule has 0 fully saturated rings. The largest absolute Gasteiger partial charge is 0.481 e. The predicted octanol–water partition coefficient (Wildman–Crippen LogP) is 2.61. The van der Waals surface area contributed by atoms with Crippen LogP contribution in [0.15, 0.2) is 18.3 Å². The summed E-state index contributed by atoms with van der Waals surface area (Å²) in [5, 5.41) is 12.0. The van der Waals surface area contributed by atoms with Crippen molar-refractivity contribution >= 4 is 17.6 Å². The van der Waals surface area contributed by atoms with Crippen molar-refractivity contribution in [2.45, 2.75) is 40.0 Å². The second-order valence-corrected chi connectivity index (χ2v) is 4.71. The molecule has 0 bridgehead atoms. The fraction of sp³-hybridized carbons (Fsp3) is 0.500. The minimum atomic E-state index is -0.984. The minimum Gasteiger partial charge on any atom is -0.481 e. The Morgan fingerprint density at radius 1 is 1.32 bits per heavy atom. The molecule has 5 nitrogen and oxygen atoms in total. The van der Waals surface area contributed by atoms with Crippen LogP contribution in [0.4, 0.5) is 5.69 Å². The van der Waals surface area contributed by atoms with E-state index in [1.165, 1.54) is 0 Å². The van der Waals surface area contributed by atoms with E-state index < -0.39 is 11.4 Å². The Hall–Kier alpha value is -1.91. The zero-order chi connectivity index (χ0) is 14.5. The van der Waals surface area contributed by atoms with Gasteiger partial charge in [0.15, 0.2) is 0 Å². The number of carbonyl (C=O) groups excluding carboxylic acids is 1. The van der Waals surface area contributed by atoms with Crippen LogP contribution in [0.2, 0.25) is 0 Å². The molecule has 0 aromatic carbocycles. The van der Waals surface area contributed by atoms with Gasteiger partial charge in [0, 0.05) is 12.1 Å². The summed E-state index contributed by atoms with van der Waals surface area (Å²) in [4.78, 5) is 27.3. The van der Waals surface area contributed by atoms with Gasteiger partial charge in [-0.15, -0.1) is 0 Å². The quantitative estimate of drug-likeness (QED) is 0.827. The van der Waals surface area contributed by atoms with Gasteiger partial charge in [-0.1, -0.05) is 13.8 Å². The molecule has 0 saturated carbocycles. The van der Waals surface area contributed by atoms with Gasteiger partial charge in [0.1, 0.15) is 0 Å². The van der Waals surface area contributed by atoms with E-state index in [0.29, 0.717) is 18.5 Å². The topological polar surface area (TPSA) is 79.3 Å². The molecule has 1 amide bonds. The molecule has 0 unspecified atom stereocenters. The van der Waals surface area contributed by atoms with Crippen molar-refractivity contribution < 1.29 is 14.7 Å². The summed E-state index contributed by atoms with van der Waals surface area (Å²) in [5.41, 5.74) is 0.462. The molecule has 0 spiro atoms. The number of pyridine rings is 1. The maximum absolute atomic E-state index is 11.9. The molecular formula is C14H20N2O3. The molecule has 2 N–H and O–H groups in total. The molecule has 104 valence electrons. The van der Waals surface area contributed by atoms with Crippen molar-refractivity contribution in [3.05, 3.63) is 24.0 Å². The lowest BCUT2D eigenvalue weighted by Crippen LogP contribution is -2.34. The number of carbonyl (C=O) groups is 2. The van der Waals surface area contributed by atoms with Crippen molar-refractivity contribution in [1.82, 2.24) is 4.98 Å². The van der Waals surface area contributed by atoms with Crippen molar-refractivity contribution in [2.24, 2.45) is 5.41 Å². The third-order valence-corrected chi connectivity index (χ3v) is 3.50. The Balaban J connectivity index is 2.73. The molecule has 5 heteroatoms. The van der Waals surface area contributed by atoms with Gasteiger partial charge in [-0.05, 0) is 31.9 Å². The molecule has 1 aromatic rings.